The number of benzene rings is 3. The Bertz CT molecular complexity index is 1170. The second-order valence-corrected chi connectivity index (χ2v) is 10.2. The van der Waals surface area contributed by atoms with Gasteiger partial charge in [-0.25, -0.2) is 4.39 Å². The highest BCUT2D eigenvalue weighted by Gasteiger charge is 2.23. The van der Waals surface area contributed by atoms with Crippen LogP contribution in [0.25, 0.3) is 0 Å². The highest BCUT2D eigenvalue weighted by Crippen LogP contribution is 2.27. The smallest absolute Gasteiger partial charge is 0.255 e. The summed E-state index contributed by atoms with van der Waals surface area (Å²) >= 11 is 0. The maximum atomic E-state index is 13.6. The third-order valence-electron chi connectivity index (χ3n) is 5.52. The molecule has 0 fully saturated rings. The highest BCUT2D eigenvalue weighted by molar-refractivity contribution is 6.04. The van der Waals surface area contributed by atoms with Crippen molar-refractivity contribution in [2.75, 3.05) is 24.3 Å². The lowest BCUT2D eigenvalue weighted by Gasteiger charge is -2.29. The molecule has 3 rings (SSSR count). The van der Waals surface area contributed by atoms with Crippen molar-refractivity contribution >= 4 is 23.2 Å². The largest absolute Gasteiger partial charge is 0.377 e. The average molecular weight is 476 g/mol. The number of carbonyl (C=O) groups excluding carboxylic acids is 2. The molecule has 0 unspecified atom stereocenters. The highest BCUT2D eigenvalue weighted by atomic mass is 19.1. The molecule has 0 aromatic heterocycles. The number of amides is 2. The summed E-state index contributed by atoms with van der Waals surface area (Å²) in [6, 6.07) is 21.1. The number of rotatable bonds is 8. The minimum Gasteiger partial charge on any atom is -0.377 e. The Kier molecular flexibility index (Phi) is 8.28. The van der Waals surface area contributed by atoms with Gasteiger partial charge in [0.2, 0.25) is 5.91 Å². The van der Waals surface area contributed by atoms with Crippen molar-refractivity contribution < 1.29 is 14.0 Å². The van der Waals surface area contributed by atoms with Crippen molar-refractivity contribution in [1.29, 1.82) is 0 Å². The van der Waals surface area contributed by atoms with Crippen LogP contribution >= 0.6 is 0 Å². The van der Waals surface area contributed by atoms with E-state index in [2.05, 4.69) is 26.1 Å². The summed E-state index contributed by atoms with van der Waals surface area (Å²) in [6.45, 7) is 7.04. The zero-order valence-corrected chi connectivity index (χ0v) is 21.1. The summed E-state index contributed by atoms with van der Waals surface area (Å²) < 4.78 is 13.6. The molecule has 1 N–H and O–H groups in total. The van der Waals surface area contributed by atoms with Crippen LogP contribution in [-0.4, -0.2) is 30.8 Å². The van der Waals surface area contributed by atoms with Gasteiger partial charge in [0.05, 0.1) is 0 Å². The van der Waals surface area contributed by atoms with Crippen LogP contribution in [-0.2, 0) is 17.9 Å². The molecule has 0 aliphatic carbocycles. The van der Waals surface area contributed by atoms with E-state index in [0.29, 0.717) is 25.2 Å². The molecule has 0 radical (unpaired) electrons. The average Bonchev–Trinajstić information content (AvgIpc) is 2.78. The number of nitrogens with zero attached hydrogens (tertiary/aromatic N) is 2. The fraction of sp³-hybridized carbons (Fsp3) is 0.310. The maximum absolute atomic E-state index is 13.6. The maximum Gasteiger partial charge on any atom is 0.255 e. The Balaban J connectivity index is 1.90. The van der Waals surface area contributed by atoms with Gasteiger partial charge in [0.1, 0.15) is 5.82 Å². The van der Waals surface area contributed by atoms with E-state index >= 15 is 0 Å². The van der Waals surface area contributed by atoms with Crippen LogP contribution in [0.1, 0.15) is 48.7 Å². The van der Waals surface area contributed by atoms with Crippen LogP contribution in [0, 0.1) is 11.2 Å². The van der Waals surface area contributed by atoms with Crippen molar-refractivity contribution in [1.82, 2.24) is 4.90 Å². The molecule has 0 aliphatic rings. The number of hydrogen-bond acceptors (Lipinski definition) is 3. The van der Waals surface area contributed by atoms with Crippen LogP contribution in [0.15, 0.2) is 72.8 Å². The van der Waals surface area contributed by atoms with E-state index in [1.54, 1.807) is 6.07 Å². The van der Waals surface area contributed by atoms with Gasteiger partial charge in [-0.05, 0) is 52.9 Å². The number of nitrogens with one attached hydrogen (secondary N) is 1. The van der Waals surface area contributed by atoms with Crippen LogP contribution in [0.4, 0.5) is 15.8 Å². The van der Waals surface area contributed by atoms with Gasteiger partial charge in [-0.15, -0.1) is 0 Å². The zero-order valence-electron chi connectivity index (χ0n) is 21.1. The summed E-state index contributed by atoms with van der Waals surface area (Å²) in [5.74, 6) is -0.784. The minimum absolute atomic E-state index is 0.0697. The summed E-state index contributed by atoms with van der Waals surface area (Å²) in [6.07, 6.45) is 0.424. The predicted molar refractivity (Wildman–Crippen MR) is 140 cm³/mol. The Morgan fingerprint density at radius 3 is 2.23 bits per heavy atom. The first kappa shape index (κ1) is 25.9. The second-order valence-electron chi connectivity index (χ2n) is 10.2. The van der Waals surface area contributed by atoms with E-state index in [1.807, 2.05) is 72.4 Å². The fourth-order valence-electron chi connectivity index (χ4n) is 3.87. The lowest BCUT2D eigenvalue weighted by Crippen LogP contribution is -2.33. The first-order valence-corrected chi connectivity index (χ1v) is 11.7. The van der Waals surface area contributed by atoms with Gasteiger partial charge < -0.3 is 15.1 Å². The summed E-state index contributed by atoms with van der Waals surface area (Å²) in [5, 5.41) is 2.85. The Labute approximate surface area is 207 Å². The Morgan fingerprint density at radius 2 is 1.60 bits per heavy atom. The van der Waals surface area contributed by atoms with E-state index in [0.717, 1.165) is 16.8 Å². The molecule has 0 bridgehead atoms. The van der Waals surface area contributed by atoms with Crippen molar-refractivity contribution in [2.24, 2.45) is 5.41 Å². The van der Waals surface area contributed by atoms with E-state index in [4.69, 9.17) is 0 Å². The van der Waals surface area contributed by atoms with E-state index in [-0.39, 0.29) is 16.9 Å². The van der Waals surface area contributed by atoms with Gasteiger partial charge in [-0.2, -0.15) is 0 Å². The molecule has 0 atom stereocenters. The first-order chi connectivity index (χ1) is 16.5. The molecule has 184 valence electrons. The number of anilines is 2. The molecule has 35 heavy (non-hydrogen) atoms. The number of hydrogen-bond donors (Lipinski definition) is 1. The third-order valence-corrected chi connectivity index (χ3v) is 5.52. The van der Waals surface area contributed by atoms with Crippen LogP contribution in [0.3, 0.4) is 0 Å². The van der Waals surface area contributed by atoms with Crippen molar-refractivity contribution in [2.45, 2.75) is 40.3 Å². The van der Waals surface area contributed by atoms with Crippen LogP contribution in [0.2, 0.25) is 0 Å². The molecule has 0 spiro atoms. The summed E-state index contributed by atoms with van der Waals surface area (Å²) in [5.41, 5.74) is 3.60. The third kappa shape index (κ3) is 7.67. The minimum atomic E-state index is -0.463. The molecule has 3 aromatic carbocycles. The molecule has 0 saturated heterocycles. The molecular weight excluding hydrogens is 441 g/mol. The lowest BCUT2D eigenvalue weighted by atomic mass is 9.91. The molecule has 3 aromatic rings. The number of halogens is 1. The second kappa shape index (κ2) is 11.2. The van der Waals surface area contributed by atoms with Gasteiger partial charge in [-0.1, -0.05) is 57.2 Å². The molecule has 6 heteroatoms. The Morgan fingerprint density at radius 1 is 0.886 bits per heavy atom. The van der Waals surface area contributed by atoms with Crippen LogP contribution < -0.4 is 10.2 Å². The number of carbonyl (C=O) groups is 2. The van der Waals surface area contributed by atoms with Crippen LogP contribution in [0.5, 0.6) is 0 Å². The van der Waals surface area contributed by atoms with Gasteiger partial charge in [0.15, 0.2) is 0 Å². The van der Waals surface area contributed by atoms with E-state index in [1.165, 1.54) is 18.2 Å². The van der Waals surface area contributed by atoms with Gasteiger partial charge >= 0.3 is 0 Å². The normalized spacial score (nSPS) is 11.1. The quantitative estimate of drug-likeness (QED) is 0.428. The van der Waals surface area contributed by atoms with Gasteiger partial charge in [-0.3, -0.25) is 9.59 Å². The van der Waals surface area contributed by atoms with E-state index in [9.17, 15) is 14.0 Å². The molecule has 0 heterocycles. The van der Waals surface area contributed by atoms with Gasteiger partial charge in [0, 0.05) is 50.5 Å². The summed E-state index contributed by atoms with van der Waals surface area (Å²) in [7, 11) is 3.89. The van der Waals surface area contributed by atoms with Crippen molar-refractivity contribution in [3.05, 3.63) is 95.3 Å². The standard InChI is InChI=1S/C29H34FN3O2/c1-29(2,3)18-27(34)33(19-21-10-7-6-8-11-21)20-23-17-25(14-15-26(23)32(4)5)31-28(35)22-12-9-13-24(30)16-22/h6-17H,18-20H2,1-5H3,(H,31,35). The lowest BCUT2D eigenvalue weighted by molar-refractivity contribution is -0.134. The first-order valence-electron chi connectivity index (χ1n) is 11.7. The predicted octanol–water partition coefficient (Wildman–Crippen LogP) is 6.11. The molecule has 0 saturated carbocycles. The molecule has 2 amide bonds. The van der Waals surface area contributed by atoms with Crippen molar-refractivity contribution in [3.63, 3.8) is 0 Å². The Hall–Kier alpha value is -3.67. The SMILES string of the molecule is CN(C)c1ccc(NC(=O)c2cccc(F)c2)cc1CN(Cc1ccccc1)C(=O)CC(C)(C)C. The molecule has 5 nitrogen and oxygen atoms in total. The zero-order chi connectivity index (χ0) is 25.6. The fourth-order valence-corrected chi connectivity index (χ4v) is 3.87. The topological polar surface area (TPSA) is 52.7 Å². The van der Waals surface area contributed by atoms with Gasteiger partial charge in [0.25, 0.3) is 5.91 Å². The van der Waals surface area contributed by atoms with E-state index < -0.39 is 11.7 Å². The van der Waals surface area contributed by atoms with Crippen molar-refractivity contribution in [3.8, 4) is 0 Å². The summed E-state index contributed by atoms with van der Waals surface area (Å²) in [4.78, 5) is 29.9. The molecular formula is C29H34FN3O2. The molecule has 0 aliphatic heterocycles. The monoisotopic (exact) mass is 475 g/mol.